The molecule has 0 aliphatic carbocycles. The number of benzene rings is 2. The molecule has 8 nitrogen and oxygen atoms in total. The van der Waals surface area contributed by atoms with Gasteiger partial charge in [0.15, 0.2) is 11.5 Å². The number of non-ortho nitro benzene ring substituents is 1. The fourth-order valence-corrected chi connectivity index (χ4v) is 2.03. The van der Waals surface area contributed by atoms with E-state index in [0.29, 0.717) is 22.6 Å². The lowest BCUT2D eigenvalue weighted by molar-refractivity contribution is -0.384. The fraction of sp³-hybridized carbons (Fsp3) is 0. The molecule has 3 aromatic rings. The number of hydrogen-bond acceptors (Lipinski definition) is 6. The third-order valence-corrected chi connectivity index (χ3v) is 3.13. The predicted molar refractivity (Wildman–Crippen MR) is 85.7 cm³/mol. The van der Waals surface area contributed by atoms with Gasteiger partial charge in [0.25, 0.3) is 5.69 Å². The van der Waals surface area contributed by atoms with Gasteiger partial charge in [-0.25, -0.2) is 0 Å². The van der Waals surface area contributed by atoms with Crippen LogP contribution in [0, 0.1) is 10.1 Å². The van der Waals surface area contributed by atoms with Crippen molar-refractivity contribution in [3.63, 3.8) is 0 Å². The number of nitro benzene ring substituents is 1. The van der Waals surface area contributed by atoms with E-state index < -0.39 is 4.92 Å². The van der Waals surface area contributed by atoms with Crippen molar-refractivity contribution < 1.29 is 4.92 Å². The molecular weight excluding hydrogens is 296 g/mol. The number of hydrogen-bond donors (Lipinski definition) is 2. The van der Waals surface area contributed by atoms with Crippen LogP contribution in [-0.4, -0.2) is 15.1 Å². The van der Waals surface area contributed by atoms with Crippen molar-refractivity contribution in [1.82, 2.24) is 10.2 Å². The van der Waals surface area contributed by atoms with E-state index in [-0.39, 0.29) is 11.5 Å². The fourth-order valence-electron chi connectivity index (χ4n) is 2.03. The van der Waals surface area contributed by atoms with Crippen molar-refractivity contribution in [2.24, 2.45) is 10.2 Å². The predicted octanol–water partition coefficient (Wildman–Crippen LogP) is 3.98. The number of H-pyrrole nitrogens is 1. The SMILES string of the molecule is Nc1n[nH]c(-c2cccc([N+](=O)[O-])c2)c1N=Nc1ccccc1. The van der Waals surface area contributed by atoms with E-state index in [1.807, 2.05) is 18.2 Å². The molecule has 0 saturated heterocycles. The van der Waals surface area contributed by atoms with Gasteiger partial charge in [0.2, 0.25) is 0 Å². The number of nitrogens with one attached hydrogen (secondary N) is 1. The maximum Gasteiger partial charge on any atom is 0.270 e. The molecule has 114 valence electrons. The Bertz CT molecular complexity index is 873. The summed E-state index contributed by atoms with van der Waals surface area (Å²) in [6.07, 6.45) is 0. The second-order valence-corrected chi connectivity index (χ2v) is 4.68. The summed E-state index contributed by atoms with van der Waals surface area (Å²) in [5.41, 5.74) is 7.83. The van der Waals surface area contributed by atoms with Gasteiger partial charge in [-0.05, 0) is 12.1 Å². The Labute approximate surface area is 130 Å². The lowest BCUT2D eigenvalue weighted by Crippen LogP contribution is -1.88. The summed E-state index contributed by atoms with van der Waals surface area (Å²) in [5, 5.41) is 25.8. The van der Waals surface area contributed by atoms with Crippen LogP contribution in [0.2, 0.25) is 0 Å². The zero-order chi connectivity index (χ0) is 16.2. The van der Waals surface area contributed by atoms with E-state index in [0.717, 1.165) is 0 Å². The highest BCUT2D eigenvalue weighted by atomic mass is 16.6. The minimum Gasteiger partial charge on any atom is -0.380 e. The first kappa shape index (κ1) is 14.4. The molecule has 0 aliphatic rings. The van der Waals surface area contributed by atoms with Crippen molar-refractivity contribution >= 4 is 22.9 Å². The number of nitro groups is 1. The van der Waals surface area contributed by atoms with E-state index in [1.165, 1.54) is 12.1 Å². The maximum absolute atomic E-state index is 10.9. The first-order chi connectivity index (χ1) is 11.1. The summed E-state index contributed by atoms with van der Waals surface area (Å²) in [5.74, 6) is 0.172. The third-order valence-electron chi connectivity index (χ3n) is 3.13. The number of anilines is 1. The average molecular weight is 308 g/mol. The quantitative estimate of drug-likeness (QED) is 0.429. The van der Waals surface area contributed by atoms with Crippen LogP contribution in [0.25, 0.3) is 11.3 Å². The molecule has 0 saturated carbocycles. The van der Waals surface area contributed by atoms with E-state index in [2.05, 4.69) is 20.4 Å². The zero-order valence-electron chi connectivity index (χ0n) is 11.9. The molecule has 23 heavy (non-hydrogen) atoms. The summed E-state index contributed by atoms with van der Waals surface area (Å²) in [6, 6.07) is 15.3. The van der Waals surface area contributed by atoms with Gasteiger partial charge in [-0.2, -0.15) is 10.2 Å². The zero-order valence-corrected chi connectivity index (χ0v) is 11.9. The lowest BCUT2D eigenvalue weighted by Gasteiger charge is -1.99. The molecule has 0 fully saturated rings. The largest absolute Gasteiger partial charge is 0.380 e. The Hall–Kier alpha value is -3.55. The van der Waals surface area contributed by atoms with Gasteiger partial charge in [0.05, 0.1) is 16.3 Å². The molecule has 0 bridgehead atoms. The summed E-state index contributed by atoms with van der Waals surface area (Å²) in [4.78, 5) is 10.4. The number of rotatable bonds is 4. The molecule has 3 N–H and O–H groups in total. The van der Waals surface area contributed by atoms with E-state index in [4.69, 9.17) is 5.73 Å². The number of nitrogens with two attached hydrogens (primary N) is 1. The molecule has 0 atom stereocenters. The van der Waals surface area contributed by atoms with Crippen molar-refractivity contribution in [2.45, 2.75) is 0 Å². The highest BCUT2D eigenvalue weighted by molar-refractivity contribution is 5.80. The highest BCUT2D eigenvalue weighted by Crippen LogP contribution is 2.35. The van der Waals surface area contributed by atoms with Crippen molar-refractivity contribution in [1.29, 1.82) is 0 Å². The van der Waals surface area contributed by atoms with Gasteiger partial charge in [0.1, 0.15) is 0 Å². The molecule has 0 radical (unpaired) electrons. The van der Waals surface area contributed by atoms with E-state index >= 15 is 0 Å². The molecule has 1 heterocycles. The van der Waals surface area contributed by atoms with E-state index in [9.17, 15) is 10.1 Å². The van der Waals surface area contributed by atoms with Gasteiger partial charge in [-0.1, -0.05) is 30.3 Å². The first-order valence-electron chi connectivity index (χ1n) is 6.70. The Morgan fingerprint density at radius 3 is 2.61 bits per heavy atom. The molecule has 3 rings (SSSR count). The monoisotopic (exact) mass is 308 g/mol. The average Bonchev–Trinajstić information content (AvgIpc) is 2.95. The molecule has 1 aromatic heterocycles. The molecule has 0 amide bonds. The van der Waals surface area contributed by atoms with Crippen LogP contribution in [0.3, 0.4) is 0 Å². The molecule has 2 aromatic carbocycles. The minimum atomic E-state index is -0.464. The van der Waals surface area contributed by atoms with Gasteiger partial charge in [0, 0.05) is 17.7 Å². The van der Waals surface area contributed by atoms with Crippen LogP contribution < -0.4 is 5.73 Å². The molecule has 8 heteroatoms. The number of aromatic nitrogens is 2. The third kappa shape index (κ3) is 3.05. The van der Waals surface area contributed by atoms with Crippen LogP contribution in [0.15, 0.2) is 64.8 Å². The number of nitrogen functional groups attached to an aromatic ring is 1. The second kappa shape index (κ2) is 6.06. The summed E-state index contributed by atoms with van der Waals surface area (Å²) < 4.78 is 0. The Morgan fingerprint density at radius 2 is 1.87 bits per heavy atom. The highest BCUT2D eigenvalue weighted by Gasteiger charge is 2.15. The minimum absolute atomic E-state index is 0.0263. The number of azo groups is 1. The number of nitrogens with zero attached hydrogens (tertiary/aromatic N) is 4. The van der Waals surface area contributed by atoms with Gasteiger partial charge >= 0.3 is 0 Å². The van der Waals surface area contributed by atoms with Crippen LogP contribution in [0.1, 0.15) is 0 Å². The van der Waals surface area contributed by atoms with Crippen LogP contribution >= 0.6 is 0 Å². The van der Waals surface area contributed by atoms with Gasteiger partial charge in [-0.15, -0.1) is 5.11 Å². The summed E-state index contributed by atoms with van der Waals surface area (Å²) in [7, 11) is 0. The first-order valence-corrected chi connectivity index (χ1v) is 6.70. The van der Waals surface area contributed by atoms with Crippen LogP contribution in [0.5, 0.6) is 0 Å². The second-order valence-electron chi connectivity index (χ2n) is 4.68. The Balaban J connectivity index is 2.01. The van der Waals surface area contributed by atoms with Gasteiger partial charge < -0.3 is 5.73 Å². The summed E-state index contributed by atoms with van der Waals surface area (Å²) >= 11 is 0. The lowest BCUT2D eigenvalue weighted by atomic mass is 10.1. The molecule has 0 unspecified atom stereocenters. The summed E-state index contributed by atoms with van der Waals surface area (Å²) in [6.45, 7) is 0. The van der Waals surface area contributed by atoms with Crippen LogP contribution in [0.4, 0.5) is 22.9 Å². The van der Waals surface area contributed by atoms with Crippen molar-refractivity contribution in [2.75, 3.05) is 5.73 Å². The van der Waals surface area contributed by atoms with Crippen molar-refractivity contribution in [3.05, 3.63) is 64.7 Å². The van der Waals surface area contributed by atoms with Gasteiger partial charge in [-0.3, -0.25) is 15.2 Å². The number of aromatic amines is 1. The Kier molecular flexibility index (Phi) is 3.79. The topological polar surface area (TPSA) is 123 Å². The van der Waals surface area contributed by atoms with Crippen LogP contribution in [-0.2, 0) is 0 Å². The van der Waals surface area contributed by atoms with E-state index in [1.54, 1.807) is 24.3 Å². The smallest absolute Gasteiger partial charge is 0.270 e. The van der Waals surface area contributed by atoms with Crippen molar-refractivity contribution in [3.8, 4) is 11.3 Å². The maximum atomic E-state index is 10.9. The molecular formula is C15H12N6O2. The normalized spacial score (nSPS) is 11.0. The molecule has 0 aliphatic heterocycles. The molecule has 0 spiro atoms. The standard InChI is InChI=1S/C15H12N6O2/c16-15-14(19-17-11-6-2-1-3-7-11)13(18-20-15)10-5-4-8-12(9-10)21(22)23/h1-9H,(H3,16,18,20). The Morgan fingerprint density at radius 1 is 1.09 bits per heavy atom.